The molecule has 1 aliphatic heterocycles. The highest BCUT2D eigenvalue weighted by molar-refractivity contribution is 5.86. The lowest BCUT2D eigenvalue weighted by molar-refractivity contribution is -0.138. The number of nitrogens with zero attached hydrogens (tertiary/aromatic N) is 1. The van der Waals surface area contributed by atoms with E-state index in [-0.39, 0.29) is 18.1 Å². The Balaban J connectivity index is 2.02. The second-order valence-electron chi connectivity index (χ2n) is 4.82. The first-order valence-electron chi connectivity index (χ1n) is 5.84. The summed E-state index contributed by atoms with van der Waals surface area (Å²) >= 11 is 0. The lowest BCUT2D eigenvalue weighted by atomic mass is 9.98. The van der Waals surface area contributed by atoms with Crippen molar-refractivity contribution in [2.75, 3.05) is 19.7 Å². The highest BCUT2D eigenvalue weighted by atomic mass is 16.3. The first-order valence-corrected chi connectivity index (χ1v) is 5.84. The Bertz CT molecular complexity index is 245. The number of rotatable bonds is 4. The third kappa shape index (κ3) is 2.16. The monoisotopic (exact) mass is 212 g/mol. The second kappa shape index (κ2) is 4.10. The summed E-state index contributed by atoms with van der Waals surface area (Å²) in [6, 6.07) is 0.392. The molecule has 2 fully saturated rings. The van der Waals surface area contributed by atoms with Gasteiger partial charge in [-0.1, -0.05) is 0 Å². The molecule has 1 atom stereocenters. The van der Waals surface area contributed by atoms with Crippen LogP contribution in [-0.4, -0.2) is 47.2 Å². The van der Waals surface area contributed by atoms with Gasteiger partial charge in [0.2, 0.25) is 5.91 Å². The fraction of sp³-hybridized carbons (Fsp3) is 0.909. The number of hydrogen-bond donors (Lipinski definition) is 2. The number of nitrogens with one attached hydrogen (secondary N) is 1. The molecule has 0 spiro atoms. The average molecular weight is 212 g/mol. The summed E-state index contributed by atoms with van der Waals surface area (Å²) in [5.41, 5.74) is -0.377. The lowest BCUT2D eigenvalue weighted by Crippen LogP contribution is -2.54. The van der Waals surface area contributed by atoms with E-state index < -0.39 is 0 Å². The minimum atomic E-state index is -0.377. The molecule has 1 aliphatic carbocycles. The number of aliphatic hydroxyl groups excluding tert-OH is 1. The van der Waals surface area contributed by atoms with Crippen LogP contribution in [0.5, 0.6) is 0 Å². The van der Waals surface area contributed by atoms with Gasteiger partial charge < -0.3 is 15.3 Å². The third-order valence-electron chi connectivity index (χ3n) is 3.43. The Hall–Kier alpha value is -0.610. The predicted octanol–water partition coefficient (Wildman–Crippen LogP) is 0.112. The molecule has 0 aromatic rings. The van der Waals surface area contributed by atoms with Gasteiger partial charge in [-0.2, -0.15) is 0 Å². The highest BCUT2D eigenvalue weighted by Gasteiger charge is 2.43. The summed E-state index contributed by atoms with van der Waals surface area (Å²) in [6.07, 6.45) is 4.18. The van der Waals surface area contributed by atoms with Crippen LogP contribution in [0.2, 0.25) is 0 Å². The van der Waals surface area contributed by atoms with Crippen LogP contribution in [0.1, 0.15) is 32.6 Å². The Morgan fingerprint density at radius 1 is 1.60 bits per heavy atom. The van der Waals surface area contributed by atoms with Crippen LogP contribution in [0.25, 0.3) is 0 Å². The van der Waals surface area contributed by atoms with Gasteiger partial charge in [0.15, 0.2) is 0 Å². The van der Waals surface area contributed by atoms with Gasteiger partial charge in [0.25, 0.3) is 0 Å². The van der Waals surface area contributed by atoms with Crippen LogP contribution < -0.4 is 5.32 Å². The van der Waals surface area contributed by atoms with Crippen LogP contribution in [0, 0.1) is 0 Å². The van der Waals surface area contributed by atoms with E-state index in [0.717, 1.165) is 32.2 Å². The van der Waals surface area contributed by atoms with Crippen LogP contribution in [0.3, 0.4) is 0 Å². The van der Waals surface area contributed by atoms with Gasteiger partial charge in [0.05, 0.1) is 12.1 Å². The molecule has 0 aromatic heterocycles. The summed E-state index contributed by atoms with van der Waals surface area (Å²) in [5.74, 6) is 0.177. The highest BCUT2D eigenvalue weighted by Crippen LogP contribution is 2.30. The van der Waals surface area contributed by atoms with Crippen LogP contribution >= 0.6 is 0 Å². The quantitative estimate of drug-likeness (QED) is 0.695. The lowest BCUT2D eigenvalue weighted by Gasteiger charge is -2.31. The fourth-order valence-corrected chi connectivity index (χ4v) is 2.34. The SMILES string of the molecule is CC1(C(=O)N(CCO)C2CC2)CCCN1. The summed E-state index contributed by atoms with van der Waals surface area (Å²) in [7, 11) is 0. The number of carbonyl (C=O) groups is 1. The molecule has 86 valence electrons. The Labute approximate surface area is 90.6 Å². The number of amides is 1. The normalized spacial score (nSPS) is 30.5. The maximum Gasteiger partial charge on any atom is 0.242 e. The van der Waals surface area contributed by atoms with E-state index in [0.29, 0.717) is 12.6 Å². The fourth-order valence-electron chi connectivity index (χ4n) is 2.34. The molecule has 0 radical (unpaired) electrons. The van der Waals surface area contributed by atoms with E-state index in [2.05, 4.69) is 5.32 Å². The Morgan fingerprint density at radius 3 is 2.80 bits per heavy atom. The van der Waals surface area contributed by atoms with E-state index in [1.54, 1.807) is 0 Å². The van der Waals surface area contributed by atoms with E-state index >= 15 is 0 Å². The average Bonchev–Trinajstić information content (AvgIpc) is 2.97. The molecule has 1 unspecified atom stereocenters. The molecule has 2 aliphatic rings. The minimum absolute atomic E-state index is 0.0678. The summed E-state index contributed by atoms with van der Waals surface area (Å²) < 4.78 is 0. The van der Waals surface area contributed by atoms with Crippen molar-refractivity contribution in [1.29, 1.82) is 0 Å². The predicted molar refractivity (Wildman–Crippen MR) is 57.5 cm³/mol. The number of aliphatic hydroxyl groups is 1. The molecule has 4 heteroatoms. The maximum atomic E-state index is 12.3. The molecule has 0 aromatic carbocycles. The van der Waals surface area contributed by atoms with Gasteiger partial charge in [0.1, 0.15) is 0 Å². The summed E-state index contributed by atoms with van der Waals surface area (Å²) in [5, 5.41) is 12.3. The van der Waals surface area contributed by atoms with Gasteiger partial charge in [-0.05, 0) is 39.2 Å². The molecule has 1 amide bonds. The number of hydrogen-bond acceptors (Lipinski definition) is 3. The maximum absolute atomic E-state index is 12.3. The molecule has 0 bridgehead atoms. The first kappa shape index (κ1) is 10.9. The van der Waals surface area contributed by atoms with Crippen molar-refractivity contribution < 1.29 is 9.90 Å². The van der Waals surface area contributed by atoms with Crippen molar-refractivity contribution in [3.05, 3.63) is 0 Å². The van der Waals surface area contributed by atoms with Crippen molar-refractivity contribution >= 4 is 5.91 Å². The Kier molecular flexibility index (Phi) is 2.98. The van der Waals surface area contributed by atoms with Gasteiger partial charge in [0, 0.05) is 12.6 Å². The molecular weight excluding hydrogens is 192 g/mol. The van der Waals surface area contributed by atoms with Crippen LogP contribution in [0.4, 0.5) is 0 Å². The van der Waals surface area contributed by atoms with Crippen molar-refractivity contribution in [3.63, 3.8) is 0 Å². The Morgan fingerprint density at radius 2 is 2.33 bits per heavy atom. The molecule has 15 heavy (non-hydrogen) atoms. The summed E-state index contributed by atoms with van der Waals surface area (Å²) in [6.45, 7) is 3.47. The van der Waals surface area contributed by atoms with Gasteiger partial charge in [-0.25, -0.2) is 0 Å². The van der Waals surface area contributed by atoms with Crippen molar-refractivity contribution in [3.8, 4) is 0 Å². The van der Waals surface area contributed by atoms with Crippen molar-refractivity contribution in [1.82, 2.24) is 10.2 Å². The zero-order chi connectivity index (χ0) is 10.9. The third-order valence-corrected chi connectivity index (χ3v) is 3.43. The standard InChI is InChI=1S/C11H20N2O2/c1-11(5-2-6-12-11)10(15)13(7-8-14)9-3-4-9/h9,12,14H,2-8H2,1H3. The van der Waals surface area contributed by atoms with Gasteiger partial charge >= 0.3 is 0 Å². The molecule has 1 heterocycles. The molecule has 2 N–H and O–H groups in total. The van der Waals surface area contributed by atoms with Gasteiger partial charge in [-0.15, -0.1) is 0 Å². The van der Waals surface area contributed by atoms with Crippen LogP contribution in [-0.2, 0) is 4.79 Å². The largest absolute Gasteiger partial charge is 0.395 e. The van der Waals surface area contributed by atoms with E-state index in [4.69, 9.17) is 5.11 Å². The molecular formula is C11H20N2O2. The van der Waals surface area contributed by atoms with E-state index in [9.17, 15) is 4.79 Å². The molecule has 1 saturated heterocycles. The first-order chi connectivity index (χ1) is 7.17. The zero-order valence-electron chi connectivity index (χ0n) is 9.33. The van der Waals surface area contributed by atoms with Crippen LogP contribution in [0.15, 0.2) is 0 Å². The minimum Gasteiger partial charge on any atom is -0.395 e. The smallest absolute Gasteiger partial charge is 0.242 e. The topological polar surface area (TPSA) is 52.6 Å². The molecule has 1 saturated carbocycles. The molecule has 2 rings (SSSR count). The van der Waals surface area contributed by atoms with Crippen molar-refractivity contribution in [2.24, 2.45) is 0 Å². The van der Waals surface area contributed by atoms with E-state index in [1.807, 2.05) is 11.8 Å². The molecule has 4 nitrogen and oxygen atoms in total. The summed E-state index contributed by atoms with van der Waals surface area (Å²) in [4.78, 5) is 14.2. The zero-order valence-corrected chi connectivity index (χ0v) is 9.33. The second-order valence-corrected chi connectivity index (χ2v) is 4.82. The van der Waals surface area contributed by atoms with Crippen molar-refractivity contribution in [2.45, 2.75) is 44.2 Å². The van der Waals surface area contributed by atoms with Gasteiger partial charge in [-0.3, -0.25) is 4.79 Å². The van der Waals surface area contributed by atoms with E-state index in [1.165, 1.54) is 0 Å². The number of carbonyl (C=O) groups excluding carboxylic acids is 1.